The highest BCUT2D eigenvalue weighted by molar-refractivity contribution is 5.77. The van der Waals surface area contributed by atoms with Gasteiger partial charge in [0.2, 0.25) is 0 Å². The third-order valence-electron chi connectivity index (χ3n) is 4.78. The van der Waals surface area contributed by atoms with Gasteiger partial charge in [-0.15, -0.1) is 0 Å². The number of hydrogen-bond donors (Lipinski definition) is 2. The van der Waals surface area contributed by atoms with Gasteiger partial charge in [0, 0.05) is 12.1 Å². The normalized spacial score (nSPS) is 12.4. The number of aryl methyl sites for hydroxylation is 1. The summed E-state index contributed by atoms with van der Waals surface area (Å²) in [7, 11) is 0. The molecular formula is C22H21N3O. The summed E-state index contributed by atoms with van der Waals surface area (Å²) < 4.78 is 2.21. The first-order chi connectivity index (χ1) is 12.6. The molecule has 26 heavy (non-hydrogen) atoms. The zero-order valence-corrected chi connectivity index (χ0v) is 14.6. The molecule has 1 aromatic heterocycles. The maximum Gasteiger partial charge on any atom is 0.120 e. The van der Waals surface area contributed by atoms with E-state index in [2.05, 4.69) is 22.8 Å². The zero-order chi connectivity index (χ0) is 18.1. The van der Waals surface area contributed by atoms with Crippen molar-refractivity contribution in [3.63, 3.8) is 0 Å². The molecule has 0 amide bonds. The standard InChI is InChI=1S/C22H21N3O/c1-15-24-19-13-17(22(23)18-9-5-6-10-21(18)26)11-12-20(19)25(15)14-16-7-3-2-4-8-16/h2-13,22,26H,14,23H2,1H3. The van der Waals surface area contributed by atoms with Crippen LogP contribution in [0.2, 0.25) is 0 Å². The average molecular weight is 343 g/mol. The quantitative estimate of drug-likeness (QED) is 0.585. The molecule has 4 aromatic rings. The fourth-order valence-electron chi connectivity index (χ4n) is 3.36. The van der Waals surface area contributed by atoms with Crippen molar-refractivity contribution in [1.82, 2.24) is 9.55 Å². The van der Waals surface area contributed by atoms with Crippen molar-refractivity contribution in [3.05, 3.63) is 95.3 Å². The van der Waals surface area contributed by atoms with Crippen molar-refractivity contribution in [2.75, 3.05) is 0 Å². The number of para-hydroxylation sites is 1. The first-order valence-corrected chi connectivity index (χ1v) is 8.67. The minimum atomic E-state index is -0.389. The Morgan fingerprint density at radius 2 is 1.73 bits per heavy atom. The van der Waals surface area contributed by atoms with Crippen LogP contribution in [0.3, 0.4) is 0 Å². The summed E-state index contributed by atoms with van der Waals surface area (Å²) in [5, 5.41) is 10.1. The van der Waals surface area contributed by atoms with Gasteiger partial charge in [-0.3, -0.25) is 0 Å². The molecule has 4 nitrogen and oxygen atoms in total. The van der Waals surface area contributed by atoms with Crippen LogP contribution >= 0.6 is 0 Å². The second-order valence-electron chi connectivity index (χ2n) is 6.52. The van der Waals surface area contributed by atoms with E-state index in [9.17, 15) is 5.11 Å². The number of benzene rings is 3. The Hall–Kier alpha value is -3.11. The molecule has 0 saturated heterocycles. The van der Waals surface area contributed by atoms with Gasteiger partial charge in [0.15, 0.2) is 0 Å². The smallest absolute Gasteiger partial charge is 0.120 e. The van der Waals surface area contributed by atoms with Crippen LogP contribution in [0, 0.1) is 6.92 Å². The van der Waals surface area contributed by atoms with Gasteiger partial charge in [-0.25, -0.2) is 4.98 Å². The van der Waals surface area contributed by atoms with E-state index in [0.29, 0.717) is 5.56 Å². The van der Waals surface area contributed by atoms with Crippen molar-refractivity contribution in [1.29, 1.82) is 0 Å². The lowest BCUT2D eigenvalue weighted by Crippen LogP contribution is -2.12. The second kappa shape index (κ2) is 6.65. The van der Waals surface area contributed by atoms with Crippen molar-refractivity contribution >= 4 is 11.0 Å². The Balaban J connectivity index is 1.72. The third-order valence-corrected chi connectivity index (χ3v) is 4.78. The van der Waals surface area contributed by atoms with Crippen LogP contribution in [-0.2, 0) is 6.54 Å². The van der Waals surface area contributed by atoms with E-state index in [1.807, 2.05) is 49.4 Å². The molecular weight excluding hydrogens is 322 g/mol. The van der Waals surface area contributed by atoms with Gasteiger partial charge in [0.1, 0.15) is 11.6 Å². The summed E-state index contributed by atoms with van der Waals surface area (Å²) in [4.78, 5) is 4.71. The molecule has 4 rings (SSSR count). The minimum Gasteiger partial charge on any atom is -0.508 e. The predicted octanol–water partition coefficient (Wildman–Crippen LogP) is 4.15. The SMILES string of the molecule is Cc1nc2cc(C(N)c3ccccc3O)ccc2n1Cc1ccccc1. The van der Waals surface area contributed by atoms with Gasteiger partial charge in [0.25, 0.3) is 0 Å². The molecule has 130 valence electrons. The fraction of sp³-hybridized carbons (Fsp3) is 0.136. The summed E-state index contributed by atoms with van der Waals surface area (Å²) in [6, 6.07) is 23.2. The second-order valence-corrected chi connectivity index (χ2v) is 6.52. The highest BCUT2D eigenvalue weighted by atomic mass is 16.3. The van der Waals surface area contributed by atoms with Crippen LogP contribution in [0.15, 0.2) is 72.8 Å². The van der Waals surface area contributed by atoms with Gasteiger partial charge in [-0.05, 0) is 36.2 Å². The first kappa shape index (κ1) is 16.4. The zero-order valence-electron chi connectivity index (χ0n) is 14.6. The number of aromatic hydroxyl groups is 1. The molecule has 0 saturated carbocycles. The lowest BCUT2D eigenvalue weighted by molar-refractivity contribution is 0.465. The van der Waals surface area contributed by atoms with E-state index in [1.165, 1.54) is 5.56 Å². The largest absolute Gasteiger partial charge is 0.508 e. The molecule has 3 aromatic carbocycles. The molecule has 3 N–H and O–H groups in total. The van der Waals surface area contributed by atoms with E-state index < -0.39 is 0 Å². The molecule has 0 fully saturated rings. The molecule has 1 atom stereocenters. The topological polar surface area (TPSA) is 64.1 Å². The van der Waals surface area contributed by atoms with E-state index in [1.54, 1.807) is 12.1 Å². The molecule has 0 spiro atoms. The van der Waals surface area contributed by atoms with E-state index in [4.69, 9.17) is 10.7 Å². The van der Waals surface area contributed by atoms with Crippen molar-refractivity contribution in [2.45, 2.75) is 19.5 Å². The van der Waals surface area contributed by atoms with Gasteiger partial charge < -0.3 is 15.4 Å². The molecule has 0 aliphatic heterocycles. The maximum atomic E-state index is 10.1. The van der Waals surface area contributed by atoms with Crippen LogP contribution in [0.25, 0.3) is 11.0 Å². The Morgan fingerprint density at radius 1 is 1.00 bits per heavy atom. The van der Waals surface area contributed by atoms with Crippen molar-refractivity contribution < 1.29 is 5.11 Å². The molecule has 1 unspecified atom stereocenters. The predicted molar refractivity (Wildman–Crippen MR) is 104 cm³/mol. The number of rotatable bonds is 4. The van der Waals surface area contributed by atoms with Crippen molar-refractivity contribution in [2.24, 2.45) is 5.73 Å². The summed E-state index contributed by atoms with van der Waals surface area (Å²) >= 11 is 0. The van der Waals surface area contributed by atoms with E-state index in [-0.39, 0.29) is 11.8 Å². The number of imidazole rings is 1. The molecule has 0 aliphatic carbocycles. The van der Waals surface area contributed by atoms with Gasteiger partial charge in [0.05, 0.1) is 17.1 Å². The van der Waals surface area contributed by atoms with Crippen LogP contribution in [0.4, 0.5) is 0 Å². The number of nitrogens with zero attached hydrogens (tertiary/aromatic N) is 2. The molecule has 4 heteroatoms. The monoisotopic (exact) mass is 343 g/mol. The minimum absolute atomic E-state index is 0.214. The van der Waals surface area contributed by atoms with Crippen LogP contribution in [0.1, 0.15) is 28.6 Å². The lowest BCUT2D eigenvalue weighted by atomic mass is 9.98. The molecule has 0 radical (unpaired) electrons. The summed E-state index contributed by atoms with van der Waals surface area (Å²) in [5.41, 5.74) is 11.3. The summed E-state index contributed by atoms with van der Waals surface area (Å²) in [5.74, 6) is 1.18. The van der Waals surface area contributed by atoms with Crippen LogP contribution < -0.4 is 5.73 Å². The number of fused-ring (bicyclic) bond motifs is 1. The van der Waals surface area contributed by atoms with Gasteiger partial charge in [-0.1, -0.05) is 54.6 Å². The van der Waals surface area contributed by atoms with Crippen LogP contribution in [0.5, 0.6) is 5.75 Å². The number of phenols is 1. The molecule has 0 bridgehead atoms. The van der Waals surface area contributed by atoms with Crippen molar-refractivity contribution in [3.8, 4) is 5.75 Å². The Labute approximate surface area is 152 Å². The number of aromatic nitrogens is 2. The highest BCUT2D eigenvalue weighted by Crippen LogP contribution is 2.29. The van der Waals surface area contributed by atoms with E-state index >= 15 is 0 Å². The summed E-state index contributed by atoms with van der Waals surface area (Å²) in [6.07, 6.45) is 0. The lowest BCUT2D eigenvalue weighted by Gasteiger charge is -2.14. The maximum absolute atomic E-state index is 10.1. The Bertz CT molecular complexity index is 1050. The fourth-order valence-corrected chi connectivity index (χ4v) is 3.36. The molecule has 1 heterocycles. The molecule has 0 aliphatic rings. The Morgan fingerprint density at radius 3 is 2.50 bits per heavy atom. The average Bonchev–Trinajstić information content (AvgIpc) is 2.97. The number of hydrogen-bond acceptors (Lipinski definition) is 3. The number of nitrogens with two attached hydrogens (primary N) is 1. The third kappa shape index (κ3) is 2.95. The Kier molecular flexibility index (Phi) is 4.19. The van der Waals surface area contributed by atoms with Crippen LogP contribution in [-0.4, -0.2) is 14.7 Å². The first-order valence-electron chi connectivity index (χ1n) is 8.67. The number of phenolic OH excluding ortho intramolecular Hbond substituents is 1. The summed E-state index contributed by atoms with van der Waals surface area (Å²) in [6.45, 7) is 2.81. The highest BCUT2D eigenvalue weighted by Gasteiger charge is 2.15. The van der Waals surface area contributed by atoms with Gasteiger partial charge in [-0.2, -0.15) is 0 Å². The van der Waals surface area contributed by atoms with Gasteiger partial charge >= 0.3 is 0 Å². The van der Waals surface area contributed by atoms with E-state index in [0.717, 1.165) is 29.0 Å².